The van der Waals surface area contributed by atoms with E-state index in [9.17, 15) is 14.7 Å². The number of nitrogens with zero attached hydrogens (tertiary/aromatic N) is 1. The number of likely N-dealkylation sites (N-methyl/N-ethyl adjacent to an activating group) is 1. The maximum atomic E-state index is 12.3. The zero-order chi connectivity index (χ0) is 15.3. The Labute approximate surface area is 127 Å². The van der Waals surface area contributed by atoms with Gasteiger partial charge in [-0.2, -0.15) is 0 Å². The fourth-order valence-corrected chi connectivity index (χ4v) is 3.74. The topological polar surface area (TPSA) is 69.6 Å². The van der Waals surface area contributed by atoms with Crippen LogP contribution in [0.15, 0.2) is 0 Å². The van der Waals surface area contributed by atoms with Crippen molar-refractivity contribution >= 4 is 11.9 Å². The second-order valence-corrected chi connectivity index (χ2v) is 6.85. The molecule has 5 heteroatoms. The summed E-state index contributed by atoms with van der Waals surface area (Å²) >= 11 is 0. The van der Waals surface area contributed by atoms with E-state index in [1.54, 1.807) is 0 Å². The van der Waals surface area contributed by atoms with E-state index in [0.717, 1.165) is 51.6 Å². The van der Waals surface area contributed by atoms with Gasteiger partial charge in [0.1, 0.15) is 0 Å². The molecule has 0 bridgehead atoms. The first-order valence-electron chi connectivity index (χ1n) is 8.23. The third-order valence-corrected chi connectivity index (χ3v) is 5.00. The van der Waals surface area contributed by atoms with Gasteiger partial charge in [-0.25, -0.2) is 0 Å². The van der Waals surface area contributed by atoms with Crippen molar-refractivity contribution in [1.29, 1.82) is 0 Å². The summed E-state index contributed by atoms with van der Waals surface area (Å²) in [6.07, 6.45) is 7.52. The molecule has 0 aromatic rings. The minimum atomic E-state index is -0.832. The Morgan fingerprint density at radius 3 is 2.43 bits per heavy atom. The number of amides is 1. The van der Waals surface area contributed by atoms with Gasteiger partial charge < -0.3 is 15.3 Å². The summed E-state index contributed by atoms with van der Waals surface area (Å²) in [6, 6.07) is 0.174. The van der Waals surface area contributed by atoms with Crippen molar-refractivity contribution < 1.29 is 14.7 Å². The standard InChI is InChI=1S/C16H28N2O3/c1-18-10-6-7-13(12-18)17-14(19)11-16(15(20)21)8-4-2-3-5-9-16/h13H,2-12H2,1H3,(H,17,19)(H,20,21). The highest BCUT2D eigenvalue weighted by molar-refractivity contribution is 5.85. The average Bonchev–Trinajstić information content (AvgIpc) is 2.65. The molecule has 1 saturated heterocycles. The third-order valence-electron chi connectivity index (χ3n) is 5.00. The number of hydrogen-bond acceptors (Lipinski definition) is 3. The van der Waals surface area contributed by atoms with Crippen LogP contribution in [0, 0.1) is 5.41 Å². The van der Waals surface area contributed by atoms with Crippen LogP contribution in [0.3, 0.4) is 0 Å². The maximum absolute atomic E-state index is 12.3. The van der Waals surface area contributed by atoms with E-state index >= 15 is 0 Å². The molecule has 0 aromatic carbocycles. The number of carboxylic acids is 1. The van der Waals surface area contributed by atoms with Crippen LogP contribution in [-0.4, -0.2) is 48.1 Å². The van der Waals surface area contributed by atoms with E-state index < -0.39 is 11.4 Å². The fraction of sp³-hybridized carbons (Fsp3) is 0.875. The number of likely N-dealkylation sites (tertiary alicyclic amines) is 1. The maximum Gasteiger partial charge on any atom is 0.310 e. The van der Waals surface area contributed by atoms with Gasteiger partial charge in [0.05, 0.1) is 5.41 Å². The number of piperidine rings is 1. The van der Waals surface area contributed by atoms with Gasteiger partial charge in [0.25, 0.3) is 0 Å². The van der Waals surface area contributed by atoms with Gasteiger partial charge in [-0.3, -0.25) is 9.59 Å². The monoisotopic (exact) mass is 296 g/mol. The van der Waals surface area contributed by atoms with E-state index in [2.05, 4.69) is 17.3 Å². The van der Waals surface area contributed by atoms with E-state index in [1.807, 2.05) is 0 Å². The lowest BCUT2D eigenvalue weighted by Crippen LogP contribution is -2.48. The molecule has 1 amide bonds. The Morgan fingerprint density at radius 2 is 1.86 bits per heavy atom. The summed E-state index contributed by atoms with van der Waals surface area (Å²) in [5, 5.41) is 12.7. The molecular weight excluding hydrogens is 268 g/mol. The molecule has 2 N–H and O–H groups in total. The smallest absolute Gasteiger partial charge is 0.310 e. The quantitative estimate of drug-likeness (QED) is 0.779. The molecule has 120 valence electrons. The third kappa shape index (κ3) is 4.43. The van der Waals surface area contributed by atoms with Crippen LogP contribution in [0.1, 0.15) is 57.8 Å². The van der Waals surface area contributed by atoms with Gasteiger partial charge in [-0.05, 0) is 39.3 Å². The fourth-order valence-electron chi connectivity index (χ4n) is 3.74. The summed E-state index contributed by atoms with van der Waals surface area (Å²) in [7, 11) is 2.06. The Hall–Kier alpha value is -1.10. The van der Waals surface area contributed by atoms with E-state index in [-0.39, 0.29) is 18.4 Å². The van der Waals surface area contributed by atoms with Crippen molar-refractivity contribution in [3.8, 4) is 0 Å². The van der Waals surface area contributed by atoms with Crippen LogP contribution >= 0.6 is 0 Å². The van der Waals surface area contributed by atoms with Crippen molar-refractivity contribution in [2.45, 2.75) is 63.8 Å². The number of hydrogen-bond donors (Lipinski definition) is 2. The SMILES string of the molecule is CN1CCCC(NC(=O)CC2(C(=O)O)CCCCCC2)C1. The van der Waals surface area contributed by atoms with Crippen LogP contribution in [0.5, 0.6) is 0 Å². The molecule has 2 fully saturated rings. The van der Waals surface area contributed by atoms with Crippen molar-refractivity contribution in [2.24, 2.45) is 5.41 Å². The molecule has 1 unspecified atom stereocenters. The number of nitrogens with one attached hydrogen (secondary N) is 1. The first kappa shape index (κ1) is 16.3. The summed E-state index contributed by atoms with van der Waals surface area (Å²) in [4.78, 5) is 26.3. The van der Waals surface area contributed by atoms with Crippen LogP contribution < -0.4 is 5.32 Å². The Bertz CT molecular complexity index is 376. The molecule has 5 nitrogen and oxygen atoms in total. The van der Waals surface area contributed by atoms with E-state index in [1.165, 1.54) is 0 Å². The molecule has 0 aromatic heterocycles. The lowest BCUT2D eigenvalue weighted by atomic mass is 9.77. The van der Waals surface area contributed by atoms with Gasteiger partial charge in [-0.15, -0.1) is 0 Å². The second kappa shape index (κ2) is 7.25. The lowest BCUT2D eigenvalue weighted by molar-refractivity contribution is -0.153. The predicted molar refractivity (Wildman–Crippen MR) is 81.0 cm³/mol. The first-order valence-corrected chi connectivity index (χ1v) is 8.23. The molecule has 21 heavy (non-hydrogen) atoms. The van der Waals surface area contributed by atoms with Crippen molar-refractivity contribution in [3.63, 3.8) is 0 Å². The minimum Gasteiger partial charge on any atom is -0.481 e. The van der Waals surface area contributed by atoms with Crippen LogP contribution in [0.25, 0.3) is 0 Å². The molecule has 1 aliphatic heterocycles. The normalized spacial score (nSPS) is 26.8. The highest BCUT2D eigenvalue weighted by Gasteiger charge is 2.40. The number of carbonyl (C=O) groups excluding carboxylic acids is 1. The Morgan fingerprint density at radius 1 is 1.19 bits per heavy atom. The average molecular weight is 296 g/mol. The molecule has 1 saturated carbocycles. The Kier molecular flexibility index (Phi) is 5.62. The van der Waals surface area contributed by atoms with E-state index in [0.29, 0.717) is 12.8 Å². The lowest BCUT2D eigenvalue weighted by Gasteiger charge is -2.32. The second-order valence-electron chi connectivity index (χ2n) is 6.85. The zero-order valence-corrected chi connectivity index (χ0v) is 13.1. The summed E-state index contributed by atoms with van der Waals surface area (Å²) in [5.74, 6) is -0.875. The van der Waals surface area contributed by atoms with Gasteiger partial charge in [0, 0.05) is 19.0 Å². The number of rotatable bonds is 4. The number of carbonyl (C=O) groups is 2. The Balaban J connectivity index is 1.93. The summed E-state index contributed by atoms with van der Waals surface area (Å²) in [5.41, 5.74) is -0.832. The van der Waals surface area contributed by atoms with Crippen molar-refractivity contribution in [2.75, 3.05) is 20.1 Å². The highest BCUT2D eigenvalue weighted by atomic mass is 16.4. The minimum absolute atomic E-state index is 0.0837. The van der Waals surface area contributed by atoms with Crippen molar-refractivity contribution in [1.82, 2.24) is 10.2 Å². The van der Waals surface area contributed by atoms with Gasteiger partial charge in [0.15, 0.2) is 0 Å². The van der Waals surface area contributed by atoms with Gasteiger partial charge in [-0.1, -0.05) is 25.7 Å². The van der Waals surface area contributed by atoms with Crippen LogP contribution in [0.4, 0.5) is 0 Å². The van der Waals surface area contributed by atoms with Crippen LogP contribution in [0.2, 0.25) is 0 Å². The molecule has 1 heterocycles. The summed E-state index contributed by atoms with van der Waals surface area (Å²) < 4.78 is 0. The first-order chi connectivity index (χ1) is 10.0. The molecule has 1 aliphatic carbocycles. The molecule has 0 spiro atoms. The van der Waals surface area contributed by atoms with E-state index in [4.69, 9.17) is 0 Å². The van der Waals surface area contributed by atoms with Gasteiger partial charge >= 0.3 is 5.97 Å². The number of carboxylic acid groups (broad SMARTS) is 1. The predicted octanol–water partition coefficient (Wildman–Crippen LogP) is 2.01. The molecule has 0 radical (unpaired) electrons. The zero-order valence-electron chi connectivity index (χ0n) is 13.1. The highest BCUT2D eigenvalue weighted by Crippen LogP contribution is 2.38. The summed E-state index contributed by atoms with van der Waals surface area (Å²) in [6.45, 7) is 1.94. The molecular formula is C16H28N2O3. The van der Waals surface area contributed by atoms with Crippen molar-refractivity contribution in [3.05, 3.63) is 0 Å². The number of aliphatic carboxylic acids is 1. The largest absolute Gasteiger partial charge is 0.481 e. The molecule has 1 atom stereocenters. The van der Waals surface area contributed by atoms with Gasteiger partial charge in [0.2, 0.25) is 5.91 Å². The van der Waals surface area contributed by atoms with Crippen LogP contribution in [-0.2, 0) is 9.59 Å². The molecule has 2 aliphatic rings. The molecule has 2 rings (SSSR count).